The summed E-state index contributed by atoms with van der Waals surface area (Å²) in [4.78, 5) is 9.62. The monoisotopic (exact) mass is 492 g/mol. The fourth-order valence-electron chi connectivity index (χ4n) is 4.58. The highest BCUT2D eigenvalue weighted by Crippen LogP contribution is 2.44. The van der Waals surface area contributed by atoms with Crippen LogP contribution in [0.15, 0.2) is 53.1 Å². The molecule has 182 valence electrons. The van der Waals surface area contributed by atoms with Crippen molar-refractivity contribution in [1.29, 1.82) is 0 Å². The molecule has 0 spiro atoms. The van der Waals surface area contributed by atoms with Crippen LogP contribution < -0.4 is 5.32 Å². The molecule has 9 nitrogen and oxygen atoms in total. The first-order valence-electron chi connectivity index (χ1n) is 12.2. The van der Waals surface area contributed by atoms with E-state index in [-0.39, 0.29) is 18.8 Å². The number of aromatic nitrogens is 5. The van der Waals surface area contributed by atoms with Crippen molar-refractivity contribution in [3.05, 3.63) is 53.5 Å². The number of ether oxygens (including phenoxy) is 2. The summed E-state index contributed by atoms with van der Waals surface area (Å²) < 4.78 is 13.7. The number of nitrogens with zero attached hydrogens (tertiary/aromatic N) is 5. The van der Waals surface area contributed by atoms with E-state index < -0.39 is 0 Å². The summed E-state index contributed by atoms with van der Waals surface area (Å²) in [5.74, 6) is 3.04. The first-order chi connectivity index (χ1) is 17.2. The van der Waals surface area contributed by atoms with Crippen molar-refractivity contribution in [2.45, 2.75) is 56.5 Å². The van der Waals surface area contributed by atoms with Gasteiger partial charge in [0.15, 0.2) is 33.7 Å². The summed E-state index contributed by atoms with van der Waals surface area (Å²) in [6.45, 7) is 4.06. The third kappa shape index (κ3) is 4.04. The average molecular weight is 493 g/mol. The van der Waals surface area contributed by atoms with Gasteiger partial charge in [0.1, 0.15) is 5.70 Å². The molecule has 1 aromatic carbocycles. The van der Waals surface area contributed by atoms with E-state index in [1.54, 1.807) is 16.4 Å². The lowest BCUT2D eigenvalue weighted by Crippen LogP contribution is -2.13. The van der Waals surface area contributed by atoms with E-state index in [1.165, 1.54) is 5.56 Å². The molecule has 0 radical (unpaired) electrons. The zero-order chi connectivity index (χ0) is 23.9. The minimum Gasteiger partial charge on any atom is -0.455 e. The fourth-order valence-corrected chi connectivity index (χ4v) is 5.27. The number of allylic oxidation sites excluding steroid dienone is 1. The number of benzene rings is 1. The highest BCUT2D eigenvalue weighted by Gasteiger charge is 2.41. The summed E-state index contributed by atoms with van der Waals surface area (Å²) in [6, 6.07) is 10.8. The predicted molar refractivity (Wildman–Crippen MR) is 133 cm³/mol. The van der Waals surface area contributed by atoms with Gasteiger partial charge in [0.2, 0.25) is 6.29 Å². The molecule has 0 amide bonds. The molecule has 1 aliphatic heterocycles. The Bertz CT molecular complexity index is 1310. The number of thioether (sulfide) groups is 1. The molecular formula is C25H28N6O3S. The average Bonchev–Trinajstić information content (AvgIpc) is 3.19. The van der Waals surface area contributed by atoms with Gasteiger partial charge >= 0.3 is 0 Å². The number of nitrogens with one attached hydrogen (secondary N) is 1. The predicted octanol–water partition coefficient (Wildman–Crippen LogP) is 4.15. The van der Waals surface area contributed by atoms with Crippen LogP contribution >= 0.6 is 11.8 Å². The lowest BCUT2D eigenvalue weighted by Gasteiger charge is -2.14. The molecule has 1 saturated carbocycles. The highest BCUT2D eigenvalue weighted by atomic mass is 32.2. The Balaban J connectivity index is 1.36. The van der Waals surface area contributed by atoms with Crippen molar-refractivity contribution in [3.63, 3.8) is 0 Å². The van der Waals surface area contributed by atoms with E-state index >= 15 is 0 Å². The molecule has 10 heteroatoms. The van der Waals surface area contributed by atoms with E-state index in [9.17, 15) is 5.11 Å². The van der Waals surface area contributed by atoms with Gasteiger partial charge in [-0.3, -0.25) is 0 Å². The molecule has 0 bridgehead atoms. The van der Waals surface area contributed by atoms with Gasteiger partial charge in [-0.2, -0.15) is 4.68 Å². The van der Waals surface area contributed by atoms with Gasteiger partial charge in [0.25, 0.3) is 0 Å². The SMILES string of the molecule is CCCSc1nc(NC2CC2c2ccccc2)c2nnn(C3=CC(CO)C4=C3OC(CC)O4)c2n1. The van der Waals surface area contributed by atoms with Crippen LogP contribution in [0.25, 0.3) is 16.9 Å². The molecule has 3 aromatic rings. The molecule has 3 heterocycles. The molecular weight excluding hydrogens is 464 g/mol. The van der Waals surface area contributed by atoms with E-state index in [0.29, 0.717) is 57.7 Å². The van der Waals surface area contributed by atoms with Crippen LogP contribution in [0, 0.1) is 5.92 Å². The van der Waals surface area contributed by atoms with Crippen molar-refractivity contribution in [2.24, 2.45) is 5.92 Å². The third-order valence-corrected chi connectivity index (χ3v) is 7.53. The van der Waals surface area contributed by atoms with Crippen LogP contribution in [-0.4, -0.2) is 54.8 Å². The molecule has 2 aromatic heterocycles. The Labute approximate surface area is 207 Å². The highest BCUT2D eigenvalue weighted by molar-refractivity contribution is 7.99. The van der Waals surface area contributed by atoms with Gasteiger partial charge in [-0.25, -0.2) is 9.97 Å². The quantitative estimate of drug-likeness (QED) is 0.336. The zero-order valence-electron chi connectivity index (χ0n) is 19.7. The summed E-state index contributed by atoms with van der Waals surface area (Å²) in [5.41, 5.74) is 3.25. The van der Waals surface area contributed by atoms with Crippen LogP contribution in [0.2, 0.25) is 0 Å². The van der Waals surface area contributed by atoms with Crippen molar-refractivity contribution in [2.75, 3.05) is 17.7 Å². The first kappa shape index (κ1) is 22.4. The van der Waals surface area contributed by atoms with Gasteiger partial charge in [0, 0.05) is 24.1 Å². The smallest absolute Gasteiger partial charge is 0.240 e. The molecule has 35 heavy (non-hydrogen) atoms. The largest absolute Gasteiger partial charge is 0.455 e. The minimum absolute atomic E-state index is 0.0727. The van der Waals surface area contributed by atoms with Gasteiger partial charge < -0.3 is 19.9 Å². The Kier molecular flexibility index (Phi) is 5.85. The number of anilines is 1. The molecule has 3 aliphatic rings. The van der Waals surface area contributed by atoms with Crippen LogP contribution in [0.3, 0.4) is 0 Å². The maximum atomic E-state index is 9.91. The normalized spacial score (nSPS) is 24.8. The van der Waals surface area contributed by atoms with Gasteiger partial charge in [-0.15, -0.1) is 5.10 Å². The molecule has 1 fully saturated rings. The third-order valence-electron chi connectivity index (χ3n) is 6.47. The van der Waals surface area contributed by atoms with Gasteiger partial charge in [-0.05, 0) is 24.5 Å². The van der Waals surface area contributed by atoms with E-state index in [2.05, 4.69) is 46.8 Å². The summed E-state index contributed by atoms with van der Waals surface area (Å²) in [6.07, 6.45) is 4.32. The number of rotatable bonds is 9. The summed E-state index contributed by atoms with van der Waals surface area (Å²) >= 11 is 1.62. The van der Waals surface area contributed by atoms with Crippen molar-refractivity contribution in [1.82, 2.24) is 25.0 Å². The summed E-state index contributed by atoms with van der Waals surface area (Å²) in [7, 11) is 0. The topological polar surface area (TPSA) is 107 Å². The standard InChI is InChI=1S/C25H28N6O3S/c1-3-10-35-25-27-23(26-17-12-16(17)14-8-6-5-7-9-14)20-24(28-25)31(30-29-20)18-11-15(13-32)21-22(18)34-19(4-2)33-21/h5-9,11,15-17,19,32H,3-4,10,12-13H2,1-2H3,(H,26,27,28). The van der Waals surface area contributed by atoms with E-state index in [0.717, 1.165) is 18.6 Å². The van der Waals surface area contributed by atoms with E-state index in [4.69, 9.17) is 19.4 Å². The Morgan fingerprint density at radius 2 is 2.03 bits per heavy atom. The molecule has 4 unspecified atom stereocenters. The molecule has 2 aliphatic carbocycles. The lowest BCUT2D eigenvalue weighted by molar-refractivity contribution is -0.0448. The number of aliphatic hydroxyl groups excluding tert-OH is 1. The lowest BCUT2D eigenvalue weighted by atomic mass is 10.1. The molecule has 2 N–H and O–H groups in total. The summed E-state index contributed by atoms with van der Waals surface area (Å²) in [5, 5.41) is 23.1. The maximum Gasteiger partial charge on any atom is 0.240 e. The Morgan fingerprint density at radius 3 is 2.80 bits per heavy atom. The van der Waals surface area contributed by atoms with E-state index in [1.807, 2.05) is 19.1 Å². The number of aliphatic hydroxyl groups is 1. The molecule has 6 rings (SSSR count). The van der Waals surface area contributed by atoms with Crippen molar-refractivity contribution < 1.29 is 14.6 Å². The van der Waals surface area contributed by atoms with Gasteiger partial charge in [0.05, 0.1) is 12.5 Å². The second-order valence-corrected chi connectivity index (χ2v) is 10.1. The maximum absolute atomic E-state index is 9.91. The Morgan fingerprint density at radius 1 is 1.17 bits per heavy atom. The first-order valence-corrected chi connectivity index (χ1v) is 13.2. The second-order valence-electron chi connectivity index (χ2n) is 8.99. The molecule has 0 saturated heterocycles. The van der Waals surface area contributed by atoms with Crippen LogP contribution in [0.1, 0.15) is 44.6 Å². The van der Waals surface area contributed by atoms with Crippen molar-refractivity contribution in [3.8, 4) is 0 Å². The fraction of sp³-hybridized carbons (Fsp3) is 0.440. The van der Waals surface area contributed by atoms with Crippen LogP contribution in [0.5, 0.6) is 0 Å². The van der Waals surface area contributed by atoms with Gasteiger partial charge in [-0.1, -0.05) is 61.2 Å². The number of hydrogen-bond acceptors (Lipinski definition) is 9. The zero-order valence-corrected chi connectivity index (χ0v) is 20.5. The number of fused-ring (bicyclic) bond motifs is 1. The van der Waals surface area contributed by atoms with Crippen LogP contribution in [0.4, 0.5) is 5.82 Å². The van der Waals surface area contributed by atoms with Crippen molar-refractivity contribution >= 4 is 34.4 Å². The van der Waals surface area contributed by atoms with Crippen LogP contribution in [-0.2, 0) is 9.47 Å². The number of hydrogen-bond donors (Lipinski definition) is 2. The second kappa shape index (κ2) is 9.16. The molecule has 4 atom stereocenters. The minimum atomic E-state index is -0.361. The Hall–Kier alpha value is -3.11.